The van der Waals surface area contributed by atoms with Crippen molar-refractivity contribution < 1.29 is 9.90 Å². The van der Waals surface area contributed by atoms with Crippen molar-refractivity contribution in [2.24, 2.45) is 11.7 Å². The summed E-state index contributed by atoms with van der Waals surface area (Å²) in [7, 11) is 1.50. The largest absolute Gasteiger partial charge is 0.385 e. The molecule has 1 saturated carbocycles. The summed E-state index contributed by atoms with van der Waals surface area (Å²) in [5.41, 5.74) is 4.63. The fourth-order valence-corrected chi connectivity index (χ4v) is 2.62. The Morgan fingerprint density at radius 2 is 1.52 bits per heavy atom. The average Bonchev–Trinajstić information content (AvgIpc) is 2.63. The number of aliphatic hydroxyl groups is 1. The van der Waals surface area contributed by atoms with Crippen molar-refractivity contribution in [3.63, 3.8) is 0 Å². The molecule has 3 nitrogen and oxygen atoms in total. The first-order chi connectivity index (χ1) is 11.2. The summed E-state index contributed by atoms with van der Waals surface area (Å²) in [6.45, 7) is 8.00. The summed E-state index contributed by atoms with van der Waals surface area (Å²) >= 11 is 0. The van der Waals surface area contributed by atoms with E-state index in [1.165, 1.54) is 12.4 Å². The Morgan fingerprint density at radius 1 is 1.00 bits per heavy atom. The molecule has 0 atom stereocenters. The summed E-state index contributed by atoms with van der Waals surface area (Å²) in [5.74, 6) is 0.0199. The molecule has 0 heterocycles. The molecular weight excluding hydrogens is 286 g/mol. The predicted octanol–water partition coefficient (Wildman–Crippen LogP) is 4.26. The van der Waals surface area contributed by atoms with Crippen LogP contribution in [0.2, 0.25) is 0 Å². The van der Waals surface area contributed by atoms with Crippen molar-refractivity contribution in [2.75, 3.05) is 7.05 Å². The van der Waals surface area contributed by atoms with Gasteiger partial charge in [0, 0.05) is 5.92 Å². The summed E-state index contributed by atoms with van der Waals surface area (Å²) in [6.07, 6.45) is 2.04. The normalized spacial score (nSPS) is 21.3. The molecule has 23 heavy (non-hydrogen) atoms. The SMILES string of the molecule is CC.CC.CN.O=CC1CC(O)(c2ccc3ccccc3c2)C1. The number of carbonyl (C=O) groups excluding carboxylic acids is 1. The first-order valence-electron chi connectivity index (χ1n) is 8.46. The summed E-state index contributed by atoms with van der Waals surface area (Å²) in [4.78, 5) is 10.6. The zero-order valence-electron chi connectivity index (χ0n) is 15.0. The van der Waals surface area contributed by atoms with Gasteiger partial charge in [0.2, 0.25) is 0 Å². The van der Waals surface area contributed by atoms with E-state index in [2.05, 4.69) is 11.8 Å². The van der Waals surface area contributed by atoms with Gasteiger partial charge in [0.1, 0.15) is 6.29 Å². The van der Waals surface area contributed by atoms with Crippen LogP contribution >= 0.6 is 0 Å². The van der Waals surface area contributed by atoms with Gasteiger partial charge < -0.3 is 15.6 Å². The Kier molecular flexibility index (Phi) is 10.1. The molecule has 128 valence electrons. The maximum Gasteiger partial charge on any atom is 0.123 e. The van der Waals surface area contributed by atoms with E-state index in [1.54, 1.807) is 0 Å². The number of aldehydes is 1. The monoisotopic (exact) mass is 317 g/mol. The van der Waals surface area contributed by atoms with Crippen LogP contribution in [0.5, 0.6) is 0 Å². The molecule has 2 aromatic carbocycles. The fourth-order valence-electron chi connectivity index (χ4n) is 2.62. The maximum absolute atomic E-state index is 10.6. The van der Waals surface area contributed by atoms with Gasteiger partial charge in [0.15, 0.2) is 0 Å². The molecule has 0 amide bonds. The molecule has 0 bridgehead atoms. The Morgan fingerprint density at radius 3 is 2.04 bits per heavy atom. The second-order valence-electron chi connectivity index (χ2n) is 4.90. The molecule has 3 rings (SSSR count). The predicted molar refractivity (Wildman–Crippen MR) is 99.4 cm³/mol. The van der Waals surface area contributed by atoms with Crippen LogP contribution in [0.15, 0.2) is 42.5 Å². The molecule has 0 aliphatic heterocycles. The lowest BCUT2D eigenvalue weighted by atomic mass is 9.68. The van der Waals surface area contributed by atoms with E-state index >= 15 is 0 Å². The second-order valence-corrected chi connectivity index (χ2v) is 4.90. The Labute approximate surface area is 140 Å². The Balaban J connectivity index is 0.000000728. The van der Waals surface area contributed by atoms with Crippen molar-refractivity contribution in [3.8, 4) is 0 Å². The number of hydrogen-bond acceptors (Lipinski definition) is 3. The first kappa shape index (κ1) is 21.3. The van der Waals surface area contributed by atoms with Gasteiger partial charge in [-0.2, -0.15) is 0 Å². The van der Waals surface area contributed by atoms with Crippen molar-refractivity contribution in [3.05, 3.63) is 48.0 Å². The van der Waals surface area contributed by atoms with E-state index in [-0.39, 0.29) is 5.92 Å². The molecular formula is C20H31NO2. The number of carbonyl (C=O) groups is 1. The van der Waals surface area contributed by atoms with Crippen LogP contribution in [-0.4, -0.2) is 18.4 Å². The molecule has 0 aromatic heterocycles. The molecule has 1 aliphatic carbocycles. The highest BCUT2D eigenvalue weighted by atomic mass is 16.3. The van der Waals surface area contributed by atoms with Crippen molar-refractivity contribution in [2.45, 2.75) is 46.1 Å². The molecule has 2 aromatic rings. The zero-order chi connectivity index (χ0) is 17.9. The molecule has 0 radical (unpaired) electrons. The van der Waals surface area contributed by atoms with Crippen molar-refractivity contribution in [1.29, 1.82) is 0 Å². The van der Waals surface area contributed by atoms with E-state index in [9.17, 15) is 9.90 Å². The minimum absolute atomic E-state index is 0.0199. The van der Waals surface area contributed by atoms with Gasteiger partial charge in [-0.15, -0.1) is 0 Å². The minimum Gasteiger partial charge on any atom is -0.385 e. The van der Waals surface area contributed by atoms with Crippen LogP contribution in [0.25, 0.3) is 10.8 Å². The maximum atomic E-state index is 10.6. The second kappa shape index (κ2) is 10.9. The minimum atomic E-state index is -0.796. The highest BCUT2D eigenvalue weighted by molar-refractivity contribution is 5.83. The third-order valence-corrected chi connectivity index (χ3v) is 3.68. The quantitative estimate of drug-likeness (QED) is 0.813. The highest BCUT2D eigenvalue weighted by Gasteiger charge is 2.43. The number of hydrogen-bond donors (Lipinski definition) is 2. The third kappa shape index (κ3) is 5.15. The number of fused-ring (bicyclic) bond motifs is 1. The van der Waals surface area contributed by atoms with Gasteiger partial charge in [0.05, 0.1) is 5.60 Å². The van der Waals surface area contributed by atoms with E-state index in [1.807, 2.05) is 64.1 Å². The Bertz CT molecular complexity index is 575. The van der Waals surface area contributed by atoms with Crippen molar-refractivity contribution in [1.82, 2.24) is 0 Å². The van der Waals surface area contributed by atoms with Crippen LogP contribution < -0.4 is 5.73 Å². The molecule has 3 heteroatoms. The van der Waals surface area contributed by atoms with E-state index in [4.69, 9.17) is 0 Å². The lowest BCUT2D eigenvalue weighted by molar-refractivity contribution is -0.128. The van der Waals surface area contributed by atoms with Gasteiger partial charge >= 0.3 is 0 Å². The van der Waals surface area contributed by atoms with E-state index in [0.717, 1.165) is 17.2 Å². The highest BCUT2D eigenvalue weighted by Crippen LogP contribution is 2.45. The summed E-state index contributed by atoms with van der Waals surface area (Å²) in [6, 6.07) is 14.1. The standard InChI is InChI=1S/C15H14O2.2C2H6.CH5N/c16-10-11-8-15(17,9-11)14-6-5-12-3-1-2-4-13(12)7-14;3*1-2/h1-7,10-11,17H,8-9H2;2*1-2H3;2H2,1H3. The van der Waals surface area contributed by atoms with Gasteiger partial charge in [0.25, 0.3) is 0 Å². The first-order valence-corrected chi connectivity index (χ1v) is 8.46. The molecule has 1 aliphatic rings. The molecule has 0 spiro atoms. The average molecular weight is 317 g/mol. The number of rotatable bonds is 2. The topological polar surface area (TPSA) is 63.3 Å². The van der Waals surface area contributed by atoms with E-state index < -0.39 is 5.60 Å². The van der Waals surface area contributed by atoms with Crippen LogP contribution in [0.3, 0.4) is 0 Å². The van der Waals surface area contributed by atoms with Gasteiger partial charge in [-0.05, 0) is 42.3 Å². The van der Waals surface area contributed by atoms with Crippen LogP contribution in [0.4, 0.5) is 0 Å². The number of benzene rings is 2. The smallest absolute Gasteiger partial charge is 0.123 e. The van der Waals surface area contributed by atoms with Crippen LogP contribution in [-0.2, 0) is 10.4 Å². The van der Waals surface area contributed by atoms with Gasteiger partial charge in [-0.1, -0.05) is 64.1 Å². The molecule has 1 fully saturated rings. The van der Waals surface area contributed by atoms with Crippen LogP contribution in [0.1, 0.15) is 46.1 Å². The number of nitrogens with two attached hydrogens (primary N) is 1. The van der Waals surface area contributed by atoms with Crippen molar-refractivity contribution >= 4 is 17.1 Å². The fraction of sp³-hybridized carbons (Fsp3) is 0.450. The van der Waals surface area contributed by atoms with Gasteiger partial charge in [-0.3, -0.25) is 0 Å². The van der Waals surface area contributed by atoms with Gasteiger partial charge in [-0.25, -0.2) is 0 Å². The molecule has 0 unspecified atom stereocenters. The lowest BCUT2D eigenvalue weighted by Gasteiger charge is -2.41. The zero-order valence-corrected chi connectivity index (χ0v) is 15.0. The third-order valence-electron chi connectivity index (χ3n) is 3.68. The summed E-state index contributed by atoms with van der Waals surface area (Å²) in [5, 5.41) is 12.7. The lowest BCUT2D eigenvalue weighted by Crippen LogP contribution is -2.41. The summed E-state index contributed by atoms with van der Waals surface area (Å²) < 4.78 is 0. The van der Waals surface area contributed by atoms with Crippen LogP contribution in [0, 0.1) is 5.92 Å². The molecule has 3 N–H and O–H groups in total. The molecule has 0 saturated heterocycles. The Hall–Kier alpha value is -1.71. The van der Waals surface area contributed by atoms with E-state index in [0.29, 0.717) is 12.8 Å².